The Morgan fingerprint density at radius 3 is 2.43 bits per heavy atom. The highest BCUT2D eigenvalue weighted by Gasteiger charge is 2.15. The van der Waals surface area contributed by atoms with Gasteiger partial charge in [-0.3, -0.25) is 9.59 Å². The third kappa shape index (κ3) is 5.94. The SMILES string of the molecule is CCOC(=O)c1ccccc1NC(=O)COC(=O)COc1ccccc1C=O. The van der Waals surface area contributed by atoms with E-state index in [9.17, 15) is 19.2 Å². The molecule has 0 aliphatic heterocycles. The van der Waals surface area contributed by atoms with Gasteiger partial charge in [0.05, 0.1) is 23.4 Å². The van der Waals surface area contributed by atoms with E-state index >= 15 is 0 Å². The predicted octanol–water partition coefficient (Wildman–Crippen LogP) is 2.24. The maximum absolute atomic E-state index is 12.0. The lowest BCUT2D eigenvalue weighted by Crippen LogP contribution is -2.24. The van der Waals surface area contributed by atoms with Crippen LogP contribution in [0.3, 0.4) is 0 Å². The molecule has 0 spiro atoms. The van der Waals surface area contributed by atoms with Crippen molar-refractivity contribution in [2.75, 3.05) is 25.1 Å². The molecule has 0 bridgehead atoms. The van der Waals surface area contributed by atoms with Crippen molar-refractivity contribution in [1.29, 1.82) is 0 Å². The molecule has 0 atom stereocenters. The predicted molar refractivity (Wildman–Crippen MR) is 99.3 cm³/mol. The summed E-state index contributed by atoms with van der Waals surface area (Å²) >= 11 is 0. The fourth-order valence-electron chi connectivity index (χ4n) is 2.20. The number of anilines is 1. The van der Waals surface area contributed by atoms with Crippen LogP contribution in [0.25, 0.3) is 0 Å². The van der Waals surface area contributed by atoms with E-state index in [1.807, 2.05) is 0 Å². The summed E-state index contributed by atoms with van der Waals surface area (Å²) < 4.78 is 15.0. The lowest BCUT2D eigenvalue weighted by molar-refractivity contribution is -0.149. The topological polar surface area (TPSA) is 108 Å². The van der Waals surface area contributed by atoms with Gasteiger partial charge in [0.25, 0.3) is 5.91 Å². The zero-order valence-electron chi connectivity index (χ0n) is 15.2. The van der Waals surface area contributed by atoms with Crippen LogP contribution in [0.5, 0.6) is 5.75 Å². The molecular formula is C20H19NO7. The van der Waals surface area contributed by atoms with Gasteiger partial charge in [0.2, 0.25) is 0 Å². The molecule has 0 saturated heterocycles. The Hall–Kier alpha value is -3.68. The number of hydrogen-bond acceptors (Lipinski definition) is 7. The number of para-hydroxylation sites is 2. The molecule has 0 radical (unpaired) electrons. The van der Waals surface area contributed by atoms with Crippen LogP contribution in [-0.2, 0) is 19.1 Å². The second-order valence-electron chi connectivity index (χ2n) is 5.42. The first-order valence-corrected chi connectivity index (χ1v) is 8.43. The van der Waals surface area contributed by atoms with Crippen molar-refractivity contribution in [1.82, 2.24) is 0 Å². The number of carbonyl (C=O) groups excluding carboxylic acids is 4. The van der Waals surface area contributed by atoms with E-state index in [0.29, 0.717) is 11.8 Å². The van der Waals surface area contributed by atoms with E-state index < -0.39 is 31.1 Å². The zero-order chi connectivity index (χ0) is 20.4. The highest BCUT2D eigenvalue weighted by atomic mass is 16.6. The first-order chi connectivity index (χ1) is 13.5. The van der Waals surface area contributed by atoms with Gasteiger partial charge in [0.1, 0.15) is 5.75 Å². The normalized spacial score (nSPS) is 9.89. The minimum Gasteiger partial charge on any atom is -0.481 e. The van der Waals surface area contributed by atoms with Crippen molar-refractivity contribution in [3.05, 3.63) is 59.7 Å². The summed E-state index contributed by atoms with van der Waals surface area (Å²) in [7, 11) is 0. The van der Waals surface area contributed by atoms with Gasteiger partial charge in [-0.05, 0) is 31.2 Å². The Labute approximate surface area is 161 Å². The van der Waals surface area contributed by atoms with Gasteiger partial charge in [-0.1, -0.05) is 24.3 Å². The number of rotatable bonds is 9. The summed E-state index contributed by atoms with van der Waals surface area (Å²) in [6.07, 6.45) is 0.606. The van der Waals surface area contributed by atoms with E-state index in [1.54, 1.807) is 37.3 Å². The molecule has 0 aliphatic rings. The molecule has 28 heavy (non-hydrogen) atoms. The van der Waals surface area contributed by atoms with Gasteiger partial charge in [-0.25, -0.2) is 9.59 Å². The monoisotopic (exact) mass is 385 g/mol. The largest absolute Gasteiger partial charge is 0.481 e. The van der Waals surface area contributed by atoms with Crippen LogP contribution in [-0.4, -0.2) is 44.0 Å². The van der Waals surface area contributed by atoms with Crippen LogP contribution in [0.4, 0.5) is 5.69 Å². The molecule has 0 saturated carbocycles. The van der Waals surface area contributed by atoms with Gasteiger partial charge in [0.15, 0.2) is 19.5 Å². The van der Waals surface area contributed by atoms with E-state index in [1.165, 1.54) is 18.2 Å². The van der Waals surface area contributed by atoms with Gasteiger partial charge < -0.3 is 19.5 Å². The van der Waals surface area contributed by atoms with Crippen molar-refractivity contribution in [2.45, 2.75) is 6.92 Å². The van der Waals surface area contributed by atoms with Crippen LogP contribution in [0.15, 0.2) is 48.5 Å². The van der Waals surface area contributed by atoms with Crippen molar-refractivity contribution < 1.29 is 33.4 Å². The van der Waals surface area contributed by atoms with Crippen LogP contribution < -0.4 is 10.1 Å². The molecule has 0 fully saturated rings. The minimum atomic E-state index is -0.783. The van der Waals surface area contributed by atoms with Crippen molar-refractivity contribution in [3.8, 4) is 5.75 Å². The van der Waals surface area contributed by atoms with E-state index in [2.05, 4.69) is 5.32 Å². The number of amides is 1. The second-order valence-corrected chi connectivity index (χ2v) is 5.42. The second kappa shape index (κ2) is 10.5. The summed E-state index contributed by atoms with van der Waals surface area (Å²) in [4.78, 5) is 46.5. The van der Waals surface area contributed by atoms with Crippen molar-refractivity contribution >= 4 is 29.8 Å². The Morgan fingerprint density at radius 1 is 0.964 bits per heavy atom. The quantitative estimate of drug-likeness (QED) is 0.521. The minimum absolute atomic E-state index is 0.192. The van der Waals surface area contributed by atoms with Crippen molar-refractivity contribution in [3.63, 3.8) is 0 Å². The molecule has 2 aromatic rings. The van der Waals surface area contributed by atoms with Gasteiger partial charge in [0, 0.05) is 0 Å². The molecule has 8 heteroatoms. The summed E-state index contributed by atoms with van der Waals surface area (Å²) in [5.41, 5.74) is 0.736. The third-order valence-corrected chi connectivity index (χ3v) is 3.45. The van der Waals surface area contributed by atoms with Gasteiger partial charge in [-0.15, -0.1) is 0 Å². The zero-order valence-corrected chi connectivity index (χ0v) is 15.2. The van der Waals surface area contributed by atoms with E-state index in [-0.39, 0.29) is 23.6 Å². The average molecular weight is 385 g/mol. The van der Waals surface area contributed by atoms with Gasteiger partial charge >= 0.3 is 11.9 Å². The molecule has 1 amide bonds. The first kappa shape index (κ1) is 20.6. The van der Waals surface area contributed by atoms with Crippen LogP contribution in [0.2, 0.25) is 0 Å². The third-order valence-electron chi connectivity index (χ3n) is 3.45. The molecule has 2 rings (SSSR count). The molecule has 1 N–H and O–H groups in total. The van der Waals surface area contributed by atoms with Crippen LogP contribution in [0, 0.1) is 0 Å². The van der Waals surface area contributed by atoms with Crippen LogP contribution in [0.1, 0.15) is 27.6 Å². The number of hydrogen-bond donors (Lipinski definition) is 1. The molecule has 0 aromatic heterocycles. The van der Waals surface area contributed by atoms with Crippen LogP contribution >= 0.6 is 0 Å². The average Bonchev–Trinajstić information content (AvgIpc) is 2.71. The lowest BCUT2D eigenvalue weighted by atomic mass is 10.2. The summed E-state index contributed by atoms with van der Waals surface area (Å²) in [5.74, 6) is -1.74. The Kier molecular flexibility index (Phi) is 7.71. The Balaban J connectivity index is 1.85. The first-order valence-electron chi connectivity index (χ1n) is 8.43. The Bertz CT molecular complexity index is 863. The number of benzene rings is 2. The molecule has 146 valence electrons. The smallest absolute Gasteiger partial charge is 0.344 e. The molecule has 0 heterocycles. The Morgan fingerprint density at radius 2 is 1.68 bits per heavy atom. The number of nitrogens with one attached hydrogen (secondary N) is 1. The number of aldehydes is 1. The highest BCUT2D eigenvalue weighted by molar-refractivity contribution is 6.01. The van der Waals surface area contributed by atoms with Gasteiger partial charge in [-0.2, -0.15) is 0 Å². The number of esters is 2. The molecule has 2 aromatic carbocycles. The lowest BCUT2D eigenvalue weighted by Gasteiger charge is -2.11. The van der Waals surface area contributed by atoms with E-state index in [0.717, 1.165) is 0 Å². The molecule has 8 nitrogen and oxygen atoms in total. The molecule has 0 unspecified atom stereocenters. The molecule has 0 aliphatic carbocycles. The standard InChI is InChI=1S/C20H19NO7/c1-2-26-20(25)15-8-4-5-9-16(15)21-18(23)12-28-19(24)13-27-17-10-6-3-7-14(17)11-22/h3-11H,2,12-13H2,1H3,(H,21,23). The maximum Gasteiger partial charge on any atom is 0.344 e. The summed E-state index contributed by atoms with van der Waals surface area (Å²) in [6, 6.07) is 12.7. The highest BCUT2D eigenvalue weighted by Crippen LogP contribution is 2.17. The number of ether oxygens (including phenoxy) is 3. The summed E-state index contributed by atoms with van der Waals surface area (Å²) in [6.45, 7) is 0.853. The summed E-state index contributed by atoms with van der Waals surface area (Å²) in [5, 5.41) is 2.49. The maximum atomic E-state index is 12.0. The fraction of sp³-hybridized carbons (Fsp3) is 0.200. The van der Waals surface area contributed by atoms with E-state index in [4.69, 9.17) is 14.2 Å². The fourth-order valence-corrected chi connectivity index (χ4v) is 2.20. The van der Waals surface area contributed by atoms with Crippen molar-refractivity contribution in [2.24, 2.45) is 0 Å². The molecular weight excluding hydrogens is 366 g/mol. The number of carbonyl (C=O) groups is 4.